The molecule has 0 aliphatic carbocycles. The van der Waals surface area contributed by atoms with Gasteiger partial charge in [-0.2, -0.15) is 5.10 Å². The van der Waals surface area contributed by atoms with Crippen molar-refractivity contribution >= 4 is 18.4 Å². The van der Waals surface area contributed by atoms with Crippen LogP contribution in [-0.2, 0) is 11.8 Å². The predicted octanol–water partition coefficient (Wildman–Crippen LogP) is 1.20. The number of hydrogen-bond donors (Lipinski definition) is 0. The number of aromatic nitrogens is 2. The fourth-order valence-electron chi connectivity index (χ4n) is 0.579. The van der Waals surface area contributed by atoms with Crippen LogP contribution in [0.2, 0.25) is 5.15 Å². The first-order valence-electron chi connectivity index (χ1n) is 2.65. The zero-order valence-corrected chi connectivity index (χ0v) is 6.72. The van der Waals surface area contributed by atoms with E-state index in [9.17, 15) is 0 Å². The Morgan fingerprint density at radius 3 is 2.30 bits per heavy atom. The van der Waals surface area contributed by atoms with Crippen LogP contribution in [0.5, 0.6) is 0 Å². The molecule has 0 spiro atoms. The number of carbonyl (C=O) groups is 1. The molecule has 0 bridgehead atoms. The first-order chi connectivity index (χ1) is 4.70. The molecule has 1 aromatic rings. The average molecular weight is 161 g/mol. The summed E-state index contributed by atoms with van der Waals surface area (Å²) in [4.78, 5) is 8.00. The highest BCUT2D eigenvalue weighted by Gasteiger charge is 1.94. The lowest BCUT2D eigenvalue weighted by Crippen LogP contribution is -1.88. The van der Waals surface area contributed by atoms with Gasteiger partial charge in [0.25, 0.3) is 0 Å². The SMILES string of the molecule is C=O.Cc1cc(Cl)n(C)n1. The molecular weight excluding hydrogens is 152 g/mol. The summed E-state index contributed by atoms with van der Waals surface area (Å²) in [7, 11) is 1.81. The number of halogens is 1. The van der Waals surface area contributed by atoms with Gasteiger partial charge < -0.3 is 4.79 Å². The van der Waals surface area contributed by atoms with E-state index in [1.807, 2.05) is 26.8 Å². The molecule has 1 heterocycles. The molecule has 3 nitrogen and oxygen atoms in total. The highest BCUT2D eigenvalue weighted by Crippen LogP contribution is 2.06. The first kappa shape index (κ1) is 9.17. The van der Waals surface area contributed by atoms with E-state index in [4.69, 9.17) is 16.4 Å². The largest absolute Gasteiger partial charge is 0.307 e. The van der Waals surface area contributed by atoms with Crippen molar-refractivity contribution in [1.82, 2.24) is 9.78 Å². The lowest BCUT2D eigenvalue weighted by molar-refractivity contribution is -0.0979. The summed E-state index contributed by atoms with van der Waals surface area (Å²) in [5.41, 5.74) is 0.956. The number of hydrogen-bond acceptors (Lipinski definition) is 2. The molecule has 0 saturated heterocycles. The van der Waals surface area contributed by atoms with Gasteiger partial charge in [-0.25, -0.2) is 0 Å². The van der Waals surface area contributed by atoms with E-state index in [2.05, 4.69) is 5.10 Å². The van der Waals surface area contributed by atoms with Crippen LogP contribution in [0.15, 0.2) is 6.07 Å². The van der Waals surface area contributed by atoms with E-state index >= 15 is 0 Å². The van der Waals surface area contributed by atoms with E-state index in [-0.39, 0.29) is 0 Å². The normalized spacial score (nSPS) is 8.30. The Hall–Kier alpha value is -0.830. The highest BCUT2D eigenvalue weighted by molar-refractivity contribution is 6.29. The van der Waals surface area contributed by atoms with Gasteiger partial charge in [-0.3, -0.25) is 4.68 Å². The minimum atomic E-state index is 0.683. The molecule has 0 unspecified atom stereocenters. The fraction of sp³-hybridized carbons (Fsp3) is 0.333. The molecule has 0 atom stereocenters. The third-order valence-electron chi connectivity index (χ3n) is 0.945. The van der Waals surface area contributed by atoms with E-state index in [1.165, 1.54) is 0 Å². The average Bonchev–Trinajstić information content (AvgIpc) is 2.16. The summed E-state index contributed by atoms with van der Waals surface area (Å²) < 4.78 is 1.64. The summed E-state index contributed by atoms with van der Waals surface area (Å²) in [6, 6.07) is 1.82. The van der Waals surface area contributed by atoms with Gasteiger partial charge in [0, 0.05) is 7.05 Å². The van der Waals surface area contributed by atoms with Crippen molar-refractivity contribution in [2.24, 2.45) is 7.05 Å². The number of nitrogens with zero attached hydrogens (tertiary/aromatic N) is 2. The maximum Gasteiger partial charge on any atom is 0.126 e. The minimum Gasteiger partial charge on any atom is -0.307 e. The van der Waals surface area contributed by atoms with Crippen molar-refractivity contribution in [2.45, 2.75) is 6.92 Å². The number of aryl methyl sites for hydroxylation is 2. The molecule has 0 radical (unpaired) electrons. The van der Waals surface area contributed by atoms with Gasteiger partial charge >= 0.3 is 0 Å². The lowest BCUT2D eigenvalue weighted by Gasteiger charge is -1.85. The van der Waals surface area contributed by atoms with E-state index < -0.39 is 0 Å². The Morgan fingerprint density at radius 1 is 1.70 bits per heavy atom. The third kappa shape index (κ3) is 2.19. The number of carbonyl (C=O) groups excluding carboxylic acids is 1. The van der Waals surface area contributed by atoms with Crippen molar-refractivity contribution in [3.8, 4) is 0 Å². The fourth-order valence-corrected chi connectivity index (χ4v) is 0.775. The lowest BCUT2D eigenvalue weighted by atomic mass is 10.5. The monoisotopic (exact) mass is 160 g/mol. The van der Waals surface area contributed by atoms with Crippen molar-refractivity contribution in [3.05, 3.63) is 16.9 Å². The van der Waals surface area contributed by atoms with Crippen LogP contribution in [0.4, 0.5) is 0 Å². The van der Waals surface area contributed by atoms with E-state index in [1.54, 1.807) is 4.68 Å². The summed E-state index contributed by atoms with van der Waals surface area (Å²) >= 11 is 5.63. The summed E-state index contributed by atoms with van der Waals surface area (Å²) in [6.07, 6.45) is 0. The predicted molar refractivity (Wildman–Crippen MR) is 40.1 cm³/mol. The maximum absolute atomic E-state index is 8.00. The zero-order chi connectivity index (χ0) is 8.15. The quantitative estimate of drug-likeness (QED) is 0.572. The molecule has 1 aromatic heterocycles. The van der Waals surface area contributed by atoms with Gasteiger partial charge in [0.2, 0.25) is 0 Å². The van der Waals surface area contributed by atoms with Crippen molar-refractivity contribution in [1.29, 1.82) is 0 Å². The molecular formula is C6H9ClN2O. The van der Waals surface area contributed by atoms with Crippen LogP contribution >= 0.6 is 11.6 Å². The van der Waals surface area contributed by atoms with E-state index in [0.29, 0.717) is 5.15 Å². The van der Waals surface area contributed by atoms with Crippen LogP contribution in [0.25, 0.3) is 0 Å². The molecule has 10 heavy (non-hydrogen) atoms. The Bertz CT molecular complexity index is 190. The molecule has 0 N–H and O–H groups in total. The van der Waals surface area contributed by atoms with Crippen LogP contribution in [0.3, 0.4) is 0 Å². The third-order valence-corrected chi connectivity index (χ3v) is 1.30. The number of rotatable bonds is 0. The second kappa shape index (κ2) is 4.06. The van der Waals surface area contributed by atoms with Crippen LogP contribution in [0.1, 0.15) is 5.69 Å². The molecule has 1 rings (SSSR count). The first-order valence-corrected chi connectivity index (χ1v) is 3.03. The molecule has 0 fully saturated rings. The maximum atomic E-state index is 8.00. The second-order valence-corrected chi connectivity index (χ2v) is 2.12. The topological polar surface area (TPSA) is 34.9 Å². The summed E-state index contributed by atoms with van der Waals surface area (Å²) in [5, 5.41) is 4.68. The molecule has 0 aliphatic rings. The van der Waals surface area contributed by atoms with Gasteiger partial charge in [0.15, 0.2) is 0 Å². The van der Waals surface area contributed by atoms with Gasteiger partial charge in [-0.1, -0.05) is 11.6 Å². The Morgan fingerprint density at radius 2 is 2.20 bits per heavy atom. The highest BCUT2D eigenvalue weighted by atomic mass is 35.5. The molecule has 0 amide bonds. The van der Waals surface area contributed by atoms with Gasteiger partial charge in [-0.05, 0) is 13.0 Å². The zero-order valence-electron chi connectivity index (χ0n) is 5.97. The van der Waals surface area contributed by atoms with Gasteiger partial charge in [0.1, 0.15) is 11.9 Å². The van der Waals surface area contributed by atoms with Crippen molar-refractivity contribution < 1.29 is 4.79 Å². The van der Waals surface area contributed by atoms with Gasteiger partial charge in [0.05, 0.1) is 5.69 Å². The van der Waals surface area contributed by atoms with E-state index in [0.717, 1.165) is 5.69 Å². The molecule has 0 saturated carbocycles. The second-order valence-electron chi connectivity index (χ2n) is 1.73. The van der Waals surface area contributed by atoms with Crippen LogP contribution in [-0.4, -0.2) is 16.6 Å². The smallest absolute Gasteiger partial charge is 0.126 e. The standard InChI is InChI=1S/C5H7ClN2.CH2O/c1-4-3-5(6)8(2)7-4;1-2/h3H,1-2H3;1H2. The molecule has 4 heteroatoms. The van der Waals surface area contributed by atoms with Crippen LogP contribution in [0, 0.1) is 6.92 Å². The van der Waals surface area contributed by atoms with Crippen molar-refractivity contribution in [3.63, 3.8) is 0 Å². The summed E-state index contributed by atoms with van der Waals surface area (Å²) in [6.45, 7) is 3.91. The molecule has 0 aliphatic heterocycles. The van der Waals surface area contributed by atoms with Gasteiger partial charge in [-0.15, -0.1) is 0 Å². The summed E-state index contributed by atoms with van der Waals surface area (Å²) in [5.74, 6) is 0. The molecule has 0 aromatic carbocycles. The Kier molecular flexibility index (Phi) is 3.72. The Balaban J connectivity index is 0.000000371. The van der Waals surface area contributed by atoms with Crippen LogP contribution < -0.4 is 0 Å². The van der Waals surface area contributed by atoms with Crippen molar-refractivity contribution in [2.75, 3.05) is 0 Å². The Labute approximate surface area is 64.6 Å². The minimum absolute atomic E-state index is 0.683. The molecule has 56 valence electrons.